The second-order valence-corrected chi connectivity index (χ2v) is 5.35. The van der Waals surface area contributed by atoms with E-state index in [1.54, 1.807) is 6.07 Å². The molecule has 1 aliphatic rings. The van der Waals surface area contributed by atoms with Crippen LogP contribution in [0.25, 0.3) is 0 Å². The number of esters is 1. The molecule has 1 amide bonds. The average Bonchev–Trinajstić information content (AvgIpc) is 2.99. The van der Waals surface area contributed by atoms with Crippen LogP contribution in [-0.4, -0.2) is 18.5 Å². The van der Waals surface area contributed by atoms with E-state index in [1.165, 1.54) is 12.1 Å². The second-order valence-electron chi connectivity index (χ2n) is 4.94. The summed E-state index contributed by atoms with van der Waals surface area (Å²) in [4.78, 5) is 23.4. The molecule has 0 radical (unpaired) electrons. The van der Waals surface area contributed by atoms with E-state index in [4.69, 9.17) is 21.6 Å². The van der Waals surface area contributed by atoms with E-state index in [0.717, 1.165) is 25.7 Å². The van der Waals surface area contributed by atoms with Gasteiger partial charge in [-0.05, 0) is 31.0 Å². The van der Waals surface area contributed by atoms with Crippen molar-refractivity contribution in [2.24, 2.45) is 5.92 Å². The summed E-state index contributed by atoms with van der Waals surface area (Å²) in [5.74, 6) is -0.801. The summed E-state index contributed by atoms with van der Waals surface area (Å²) < 4.78 is 5.00. The number of anilines is 1. The van der Waals surface area contributed by atoms with E-state index < -0.39 is 5.91 Å². The van der Waals surface area contributed by atoms with Gasteiger partial charge in [0.1, 0.15) is 6.07 Å². The molecular formula is C15H15ClN2O3. The van der Waals surface area contributed by atoms with Gasteiger partial charge in [-0.15, -0.1) is 0 Å². The molecule has 21 heavy (non-hydrogen) atoms. The van der Waals surface area contributed by atoms with Gasteiger partial charge in [0.2, 0.25) is 0 Å². The molecule has 0 bridgehead atoms. The minimum absolute atomic E-state index is 0.0674. The highest BCUT2D eigenvalue weighted by Crippen LogP contribution is 2.25. The molecule has 5 nitrogen and oxygen atoms in total. The van der Waals surface area contributed by atoms with Crippen LogP contribution in [0.5, 0.6) is 0 Å². The quantitative estimate of drug-likeness (QED) is 0.867. The molecule has 1 saturated carbocycles. The zero-order chi connectivity index (χ0) is 15.2. The van der Waals surface area contributed by atoms with Crippen LogP contribution < -0.4 is 5.32 Å². The van der Waals surface area contributed by atoms with Gasteiger partial charge in [-0.3, -0.25) is 9.59 Å². The van der Waals surface area contributed by atoms with Crippen molar-refractivity contribution in [2.45, 2.75) is 25.7 Å². The second kappa shape index (κ2) is 7.09. The molecule has 1 aliphatic carbocycles. The average molecular weight is 307 g/mol. The molecule has 0 atom stereocenters. The van der Waals surface area contributed by atoms with Crippen LogP contribution in [0.4, 0.5) is 5.69 Å². The molecular weight excluding hydrogens is 292 g/mol. The summed E-state index contributed by atoms with van der Waals surface area (Å²) in [7, 11) is 0. The maximum atomic E-state index is 11.7. The number of nitrogens with zero attached hydrogens (tertiary/aromatic N) is 1. The Balaban J connectivity index is 1.83. The summed E-state index contributed by atoms with van der Waals surface area (Å²) in [6.45, 7) is -0.313. The number of carbonyl (C=O) groups excluding carboxylic acids is 2. The first-order valence-corrected chi connectivity index (χ1v) is 7.14. The van der Waals surface area contributed by atoms with E-state index in [-0.39, 0.29) is 23.5 Å². The maximum Gasteiger partial charge on any atom is 0.309 e. The topological polar surface area (TPSA) is 79.2 Å². The highest BCUT2D eigenvalue weighted by atomic mass is 35.5. The molecule has 0 spiro atoms. The Morgan fingerprint density at radius 3 is 2.71 bits per heavy atom. The van der Waals surface area contributed by atoms with Crippen molar-refractivity contribution in [1.82, 2.24) is 0 Å². The lowest BCUT2D eigenvalue weighted by Gasteiger charge is -2.10. The number of nitrogens with one attached hydrogen (secondary N) is 1. The number of ether oxygens (including phenoxy) is 1. The van der Waals surface area contributed by atoms with Crippen molar-refractivity contribution in [3.63, 3.8) is 0 Å². The van der Waals surface area contributed by atoms with Gasteiger partial charge in [0.25, 0.3) is 5.91 Å². The monoisotopic (exact) mass is 306 g/mol. The Morgan fingerprint density at radius 2 is 2.10 bits per heavy atom. The summed E-state index contributed by atoms with van der Waals surface area (Å²) in [6, 6.07) is 6.50. The standard InChI is InChI=1S/C15H15ClN2O3/c16-13-7-12(6-5-11(13)8-17)18-14(19)9-21-15(20)10-3-1-2-4-10/h5-7,10H,1-4,9H2,(H,18,19). The van der Waals surface area contributed by atoms with Crippen LogP contribution >= 0.6 is 11.6 Å². The minimum atomic E-state index is -0.429. The van der Waals surface area contributed by atoms with Crippen molar-refractivity contribution < 1.29 is 14.3 Å². The van der Waals surface area contributed by atoms with Crippen LogP contribution in [0.1, 0.15) is 31.2 Å². The summed E-state index contributed by atoms with van der Waals surface area (Å²) in [6.07, 6.45) is 3.75. The van der Waals surface area contributed by atoms with Crippen LogP contribution in [0, 0.1) is 17.2 Å². The molecule has 1 aromatic rings. The van der Waals surface area contributed by atoms with E-state index in [0.29, 0.717) is 11.3 Å². The largest absolute Gasteiger partial charge is 0.455 e. The van der Waals surface area contributed by atoms with Gasteiger partial charge in [-0.2, -0.15) is 5.26 Å². The first-order chi connectivity index (χ1) is 10.1. The predicted octanol–water partition coefficient (Wildman–Crippen LogP) is 2.88. The number of hydrogen-bond donors (Lipinski definition) is 1. The number of halogens is 1. The third-order valence-corrected chi connectivity index (χ3v) is 3.72. The minimum Gasteiger partial charge on any atom is -0.455 e. The van der Waals surface area contributed by atoms with Crippen molar-refractivity contribution >= 4 is 29.2 Å². The Morgan fingerprint density at radius 1 is 1.38 bits per heavy atom. The Labute approximate surface area is 127 Å². The molecule has 1 aromatic carbocycles. The van der Waals surface area contributed by atoms with Crippen LogP contribution in [-0.2, 0) is 14.3 Å². The number of hydrogen-bond acceptors (Lipinski definition) is 4. The summed E-state index contributed by atoms with van der Waals surface area (Å²) >= 11 is 5.87. The zero-order valence-electron chi connectivity index (χ0n) is 11.4. The fourth-order valence-electron chi connectivity index (χ4n) is 2.30. The van der Waals surface area contributed by atoms with E-state index in [2.05, 4.69) is 5.32 Å². The van der Waals surface area contributed by atoms with Crippen molar-refractivity contribution in [1.29, 1.82) is 5.26 Å². The van der Waals surface area contributed by atoms with E-state index >= 15 is 0 Å². The molecule has 1 fully saturated rings. The number of benzene rings is 1. The normalized spacial score (nSPS) is 14.5. The fraction of sp³-hybridized carbons (Fsp3) is 0.400. The molecule has 0 aliphatic heterocycles. The number of nitriles is 1. The molecule has 6 heteroatoms. The number of amides is 1. The summed E-state index contributed by atoms with van der Waals surface area (Å²) in [5, 5.41) is 11.6. The Hall–Kier alpha value is -2.06. The SMILES string of the molecule is N#Cc1ccc(NC(=O)COC(=O)C2CCCC2)cc1Cl. The van der Waals surface area contributed by atoms with Crippen LogP contribution in [0.2, 0.25) is 5.02 Å². The van der Waals surface area contributed by atoms with E-state index in [1.807, 2.05) is 6.07 Å². The third kappa shape index (κ3) is 4.20. The fourth-order valence-corrected chi connectivity index (χ4v) is 2.52. The van der Waals surface area contributed by atoms with Gasteiger partial charge >= 0.3 is 5.97 Å². The lowest BCUT2D eigenvalue weighted by atomic mass is 10.1. The van der Waals surface area contributed by atoms with Gasteiger partial charge in [-0.1, -0.05) is 24.4 Å². The molecule has 0 unspecified atom stereocenters. The van der Waals surface area contributed by atoms with E-state index in [9.17, 15) is 9.59 Å². The van der Waals surface area contributed by atoms with Gasteiger partial charge in [0.15, 0.2) is 6.61 Å². The van der Waals surface area contributed by atoms with Crippen molar-refractivity contribution in [2.75, 3.05) is 11.9 Å². The highest BCUT2D eigenvalue weighted by molar-refractivity contribution is 6.32. The van der Waals surface area contributed by atoms with Gasteiger partial charge in [0.05, 0.1) is 16.5 Å². The third-order valence-electron chi connectivity index (χ3n) is 3.41. The highest BCUT2D eigenvalue weighted by Gasteiger charge is 2.24. The molecule has 110 valence electrons. The first kappa shape index (κ1) is 15.3. The lowest BCUT2D eigenvalue weighted by Crippen LogP contribution is -2.23. The summed E-state index contributed by atoms with van der Waals surface area (Å²) in [5.41, 5.74) is 0.795. The number of carbonyl (C=O) groups is 2. The number of rotatable bonds is 4. The Bertz CT molecular complexity index is 589. The first-order valence-electron chi connectivity index (χ1n) is 6.76. The van der Waals surface area contributed by atoms with Gasteiger partial charge in [0, 0.05) is 5.69 Å². The molecule has 0 saturated heterocycles. The van der Waals surface area contributed by atoms with Crippen LogP contribution in [0.3, 0.4) is 0 Å². The molecule has 1 N–H and O–H groups in total. The smallest absolute Gasteiger partial charge is 0.309 e. The van der Waals surface area contributed by atoms with Crippen LogP contribution in [0.15, 0.2) is 18.2 Å². The lowest BCUT2D eigenvalue weighted by molar-refractivity contribution is -0.151. The van der Waals surface area contributed by atoms with Crippen molar-refractivity contribution in [3.8, 4) is 6.07 Å². The predicted molar refractivity (Wildman–Crippen MR) is 77.7 cm³/mol. The Kier molecular flexibility index (Phi) is 5.18. The molecule has 0 heterocycles. The zero-order valence-corrected chi connectivity index (χ0v) is 12.2. The molecule has 0 aromatic heterocycles. The van der Waals surface area contributed by atoms with Crippen molar-refractivity contribution in [3.05, 3.63) is 28.8 Å². The molecule has 2 rings (SSSR count). The maximum absolute atomic E-state index is 11.7. The van der Waals surface area contributed by atoms with Gasteiger partial charge in [-0.25, -0.2) is 0 Å². The van der Waals surface area contributed by atoms with Gasteiger partial charge < -0.3 is 10.1 Å².